The topological polar surface area (TPSA) is 68.0 Å². The second-order valence-corrected chi connectivity index (χ2v) is 6.82. The fourth-order valence-electron chi connectivity index (χ4n) is 3.17. The number of benzene rings is 2. The van der Waals surface area contributed by atoms with Gasteiger partial charge in [-0.3, -0.25) is 9.67 Å². The van der Waals surface area contributed by atoms with Gasteiger partial charge in [-0.15, -0.1) is 0 Å². The Balaban J connectivity index is 1.87. The van der Waals surface area contributed by atoms with Crippen molar-refractivity contribution in [2.75, 3.05) is 0 Å². The van der Waals surface area contributed by atoms with Crippen LogP contribution in [0.15, 0.2) is 54.7 Å². The van der Waals surface area contributed by atoms with Crippen molar-refractivity contribution >= 4 is 28.6 Å². The standard InChI is InChI=1S/C21H15ClFN3O2/c1-12-4-2-5-16(22)15(12)11-26-18-6-3-9-24-20(18)19(25-26)14-8-7-13(21(27)28)10-17(14)23/h2-10H,11H2,1H3,(H,27,28). The fourth-order valence-corrected chi connectivity index (χ4v) is 3.45. The molecule has 2 aromatic heterocycles. The monoisotopic (exact) mass is 395 g/mol. The zero-order chi connectivity index (χ0) is 19.8. The summed E-state index contributed by atoms with van der Waals surface area (Å²) >= 11 is 6.35. The van der Waals surface area contributed by atoms with E-state index in [4.69, 9.17) is 16.7 Å². The van der Waals surface area contributed by atoms with Gasteiger partial charge in [-0.2, -0.15) is 5.10 Å². The highest BCUT2D eigenvalue weighted by Gasteiger charge is 2.19. The minimum Gasteiger partial charge on any atom is -0.478 e. The Kier molecular flexibility index (Phi) is 4.57. The zero-order valence-electron chi connectivity index (χ0n) is 14.9. The highest BCUT2D eigenvalue weighted by molar-refractivity contribution is 6.31. The third-order valence-corrected chi connectivity index (χ3v) is 5.00. The third kappa shape index (κ3) is 3.12. The van der Waals surface area contributed by atoms with Crippen molar-refractivity contribution in [3.8, 4) is 11.3 Å². The number of hydrogen-bond donors (Lipinski definition) is 1. The van der Waals surface area contributed by atoms with Crippen LogP contribution in [0.5, 0.6) is 0 Å². The van der Waals surface area contributed by atoms with E-state index in [0.717, 1.165) is 22.7 Å². The van der Waals surface area contributed by atoms with E-state index in [-0.39, 0.29) is 11.1 Å². The van der Waals surface area contributed by atoms with Gasteiger partial charge in [0.15, 0.2) is 0 Å². The van der Waals surface area contributed by atoms with E-state index in [9.17, 15) is 9.18 Å². The van der Waals surface area contributed by atoms with E-state index in [1.54, 1.807) is 16.9 Å². The Bertz CT molecular complexity index is 1200. The predicted octanol–water partition coefficient (Wildman–Crippen LogP) is 4.95. The highest BCUT2D eigenvalue weighted by atomic mass is 35.5. The molecule has 1 N–H and O–H groups in total. The molecule has 0 aliphatic carbocycles. The van der Waals surface area contributed by atoms with Crippen LogP contribution in [0.2, 0.25) is 5.02 Å². The first kappa shape index (κ1) is 18.1. The molecule has 0 unspecified atom stereocenters. The number of carboxylic acids is 1. The lowest BCUT2D eigenvalue weighted by atomic mass is 10.1. The van der Waals surface area contributed by atoms with Crippen molar-refractivity contribution < 1.29 is 14.3 Å². The van der Waals surface area contributed by atoms with Crippen LogP contribution in [0.1, 0.15) is 21.5 Å². The normalized spacial score (nSPS) is 11.1. The first-order valence-corrected chi connectivity index (χ1v) is 8.92. The van der Waals surface area contributed by atoms with Crippen LogP contribution in [0.4, 0.5) is 4.39 Å². The second kappa shape index (κ2) is 7.05. The van der Waals surface area contributed by atoms with Crippen molar-refractivity contribution in [1.29, 1.82) is 0 Å². The van der Waals surface area contributed by atoms with E-state index in [0.29, 0.717) is 22.8 Å². The molecule has 0 spiro atoms. The zero-order valence-corrected chi connectivity index (χ0v) is 15.6. The van der Waals surface area contributed by atoms with Gasteiger partial charge in [-0.25, -0.2) is 9.18 Å². The van der Waals surface area contributed by atoms with Gasteiger partial charge in [0.05, 0.1) is 17.6 Å². The summed E-state index contributed by atoms with van der Waals surface area (Å²) in [6.45, 7) is 2.37. The van der Waals surface area contributed by atoms with Gasteiger partial charge in [0.1, 0.15) is 17.0 Å². The van der Waals surface area contributed by atoms with Crippen LogP contribution in [0, 0.1) is 12.7 Å². The Labute approximate surface area is 165 Å². The molecule has 0 amide bonds. The van der Waals surface area contributed by atoms with Crippen molar-refractivity contribution in [2.45, 2.75) is 13.5 Å². The average Bonchev–Trinajstić information content (AvgIpc) is 3.03. The van der Waals surface area contributed by atoms with Gasteiger partial charge < -0.3 is 5.11 Å². The smallest absolute Gasteiger partial charge is 0.335 e. The molecule has 5 nitrogen and oxygen atoms in total. The molecular formula is C21H15ClFN3O2. The van der Waals surface area contributed by atoms with Gasteiger partial charge in [-0.05, 0) is 54.4 Å². The molecule has 0 aliphatic rings. The molecule has 2 aromatic carbocycles. The average molecular weight is 396 g/mol. The summed E-state index contributed by atoms with van der Waals surface area (Å²) in [5.74, 6) is -1.85. The number of fused-ring (bicyclic) bond motifs is 1. The van der Waals surface area contributed by atoms with E-state index in [1.165, 1.54) is 12.1 Å². The lowest BCUT2D eigenvalue weighted by Gasteiger charge is -2.09. The number of nitrogens with zero attached hydrogens (tertiary/aromatic N) is 3. The minimum atomic E-state index is -1.19. The first-order chi connectivity index (χ1) is 13.5. The quantitative estimate of drug-likeness (QED) is 0.531. The largest absolute Gasteiger partial charge is 0.478 e. The number of carbonyl (C=O) groups is 1. The van der Waals surface area contributed by atoms with Crippen molar-refractivity contribution in [3.63, 3.8) is 0 Å². The highest BCUT2D eigenvalue weighted by Crippen LogP contribution is 2.30. The van der Waals surface area contributed by atoms with E-state index < -0.39 is 11.8 Å². The summed E-state index contributed by atoms with van der Waals surface area (Å²) < 4.78 is 16.4. The van der Waals surface area contributed by atoms with Gasteiger partial charge in [0.25, 0.3) is 0 Å². The number of halogens is 2. The van der Waals surface area contributed by atoms with Crippen molar-refractivity contribution in [2.24, 2.45) is 0 Å². The van der Waals surface area contributed by atoms with Crippen LogP contribution < -0.4 is 0 Å². The molecule has 4 rings (SSSR count). The summed E-state index contributed by atoms with van der Waals surface area (Å²) in [4.78, 5) is 15.4. The Morgan fingerprint density at radius 1 is 1.21 bits per heavy atom. The Hall–Kier alpha value is -3.25. The Morgan fingerprint density at radius 2 is 2.04 bits per heavy atom. The molecule has 7 heteroatoms. The maximum absolute atomic E-state index is 14.6. The summed E-state index contributed by atoms with van der Waals surface area (Å²) in [5.41, 5.74) is 3.65. The summed E-state index contributed by atoms with van der Waals surface area (Å²) in [6, 6.07) is 13.1. The molecule has 0 bridgehead atoms. The Morgan fingerprint density at radius 3 is 2.75 bits per heavy atom. The number of rotatable bonds is 4. The van der Waals surface area contributed by atoms with E-state index in [1.807, 2.05) is 31.2 Å². The van der Waals surface area contributed by atoms with Gasteiger partial charge in [0.2, 0.25) is 0 Å². The summed E-state index contributed by atoms with van der Waals surface area (Å²) in [7, 11) is 0. The van der Waals surface area contributed by atoms with Gasteiger partial charge >= 0.3 is 5.97 Å². The van der Waals surface area contributed by atoms with Gasteiger partial charge in [0, 0.05) is 16.8 Å². The predicted molar refractivity (Wildman–Crippen MR) is 105 cm³/mol. The molecule has 4 aromatic rings. The molecule has 2 heterocycles. The molecule has 0 fully saturated rings. The molecule has 140 valence electrons. The maximum Gasteiger partial charge on any atom is 0.335 e. The molecule has 0 saturated carbocycles. The van der Waals surface area contributed by atoms with Crippen molar-refractivity contribution in [3.05, 3.63) is 82.3 Å². The summed E-state index contributed by atoms with van der Waals surface area (Å²) in [6.07, 6.45) is 1.61. The number of aromatic carboxylic acids is 1. The number of aryl methyl sites for hydroxylation is 1. The lowest BCUT2D eigenvalue weighted by molar-refractivity contribution is 0.0696. The molecule has 28 heavy (non-hydrogen) atoms. The lowest BCUT2D eigenvalue weighted by Crippen LogP contribution is -2.04. The maximum atomic E-state index is 14.6. The molecule has 0 aliphatic heterocycles. The second-order valence-electron chi connectivity index (χ2n) is 6.41. The van der Waals surface area contributed by atoms with Crippen LogP contribution in [-0.4, -0.2) is 25.8 Å². The molecular weight excluding hydrogens is 381 g/mol. The SMILES string of the molecule is Cc1cccc(Cl)c1Cn1nc(-c2ccc(C(=O)O)cc2F)c2ncccc21. The number of carboxylic acid groups (broad SMARTS) is 1. The minimum absolute atomic E-state index is 0.121. The summed E-state index contributed by atoms with van der Waals surface area (Å²) in [5, 5.41) is 14.3. The third-order valence-electron chi connectivity index (χ3n) is 4.64. The van der Waals surface area contributed by atoms with Crippen molar-refractivity contribution in [1.82, 2.24) is 14.8 Å². The van der Waals surface area contributed by atoms with E-state index >= 15 is 0 Å². The van der Waals surface area contributed by atoms with Crippen LogP contribution in [0.3, 0.4) is 0 Å². The first-order valence-electron chi connectivity index (χ1n) is 8.54. The molecule has 0 atom stereocenters. The number of aromatic nitrogens is 3. The molecule has 0 saturated heterocycles. The van der Waals surface area contributed by atoms with Gasteiger partial charge in [-0.1, -0.05) is 23.7 Å². The van der Waals surface area contributed by atoms with Crippen LogP contribution in [-0.2, 0) is 6.54 Å². The van der Waals surface area contributed by atoms with Crippen LogP contribution >= 0.6 is 11.6 Å². The number of pyridine rings is 1. The van der Waals surface area contributed by atoms with E-state index in [2.05, 4.69) is 10.1 Å². The van der Waals surface area contributed by atoms with Crippen LogP contribution in [0.25, 0.3) is 22.3 Å². The molecule has 0 radical (unpaired) electrons. The fraction of sp³-hybridized carbons (Fsp3) is 0.0952. The number of hydrogen-bond acceptors (Lipinski definition) is 3.